The molecule has 1 aromatic rings. The Kier molecular flexibility index (Phi) is 4.16. The molecular formula is C14H19N3O2. The first kappa shape index (κ1) is 13.5. The summed E-state index contributed by atoms with van der Waals surface area (Å²) in [6, 6.07) is 6.49. The van der Waals surface area contributed by atoms with E-state index in [4.69, 9.17) is 5.73 Å². The number of nitrogens with one attached hydrogen (secondary N) is 1. The molecule has 1 heterocycles. The summed E-state index contributed by atoms with van der Waals surface area (Å²) in [5, 5.41) is 2.73. The van der Waals surface area contributed by atoms with Crippen LogP contribution in [-0.4, -0.2) is 29.4 Å². The third kappa shape index (κ3) is 3.32. The van der Waals surface area contributed by atoms with Crippen LogP contribution in [0.3, 0.4) is 0 Å². The molecule has 1 aromatic carbocycles. The zero-order valence-electron chi connectivity index (χ0n) is 11.1. The van der Waals surface area contributed by atoms with Gasteiger partial charge in [-0.2, -0.15) is 0 Å². The van der Waals surface area contributed by atoms with Crippen LogP contribution in [0.2, 0.25) is 0 Å². The van der Waals surface area contributed by atoms with Crippen LogP contribution >= 0.6 is 0 Å². The van der Waals surface area contributed by atoms with Gasteiger partial charge >= 0.3 is 6.03 Å². The number of hydrogen-bond acceptors (Lipinski definition) is 3. The minimum Gasteiger partial charge on any atom is -0.320 e. The average Bonchev–Trinajstić information content (AvgIpc) is 2.55. The first-order valence-corrected chi connectivity index (χ1v) is 6.52. The van der Waals surface area contributed by atoms with Gasteiger partial charge in [-0.25, -0.2) is 4.79 Å². The standard InChI is InChI=1S/C14H19N3O2/c1-10-5-7-11(8-6-10)16-14(19)17-9-3-2-4-12(15)13(17)18/h5-8,12H,2-4,9,15H2,1H3,(H,16,19)/t12-/m1/s1. The molecule has 5 heteroatoms. The van der Waals surface area contributed by atoms with Crippen molar-refractivity contribution < 1.29 is 9.59 Å². The third-order valence-electron chi connectivity index (χ3n) is 3.28. The lowest BCUT2D eigenvalue weighted by molar-refractivity contribution is -0.128. The third-order valence-corrected chi connectivity index (χ3v) is 3.28. The first-order valence-electron chi connectivity index (χ1n) is 6.52. The van der Waals surface area contributed by atoms with E-state index in [0.29, 0.717) is 18.7 Å². The Morgan fingerprint density at radius 2 is 2.00 bits per heavy atom. The number of urea groups is 1. The molecule has 1 fully saturated rings. The van der Waals surface area contributed by atoms with Crippen molar-refractivity contribution in [3.8, 4) is 0 Å². The lowest BCUT2D eigenvalue weighted by atomic mass is 10.1. The van der Waals surface area contributed by atoms with E-state index in [-0.39, 0.29) is 5.91 Å². The van der Waals surface area contributed by atoms with Gasteiger partial charge in [-0.15, -0.1) is 0 Å². The molecule has 0 unspecified atom stereocenters. The fourth-order valence-electron chi connectivity index (χ4n) is 2.10. The van der Waals surface area contributed by atoms with E-state index in [1.807, 2.05) is 31.2 Å². The van der Waals surface area contributed by atoms with Crippen molar-refractivity contribution in [2.24, 2.45) is 5.73 Å². The topological polar surface area (TPSA) is 75.4 Å². The van der Waals surface area contributed by atoms with Crippen molar-refractivity contribution in [3.63, 3.8) is 0 Å². The second-order valence-corrected chi connectivity index (χ2v) is 4.89. The Morgan fingerprint density at radius 1 is 1.32 bits per heavy atom. The molecule has 1 aliphatic rings. The number of imide groups is 1. The Labute approximate surface area is 112 Å². The second-order valence-electron chi connectivity index (χ2n) is 4.89. The molecule has 0 aromatic heterocycles. The van der Waals surface area contributed by atoms with Crippen LogP contribution in [0.4, 0.5) is 10.5 Å². The van der Waals surface area contributed by atoms with Gasteiger partial charge in [-0.05, 0) is 38.3 Å². The molecule has 1 aliphatic heterocycles. The van der Waals surface area contributed by atoms with E-state index in [0.717, 1.165) is 18.4 Å². The summed E-state index contributed by atoms with van der Waals surface area (Å²) in [5.41, 5.74) is 7.55. The quantitative estimate of drug-likeness (QED) is 0.810. The molecule has 2 rings (SSSR count). The maximum atomic E-state index is 12.1. The number of likely N-dealkylation sites (tertiary alicyclic amines) is 1. The minimum absolute atomic E-state index is 0.290. The summed E-state index contributed by atoms with van der Waals surface area (Å²) in [4.78, 5) is 25.3. The first-order chi connectivity index (χ1) is 9.08. The molecule has 5 nitrogen and oxygen atoms in total. The Hall–Kier alpha value is -1.88. The van der Waals surface area contributed by atoms with Gasteiger partial charge in [0.05, 0.1) is 6.04 Å². The van der Waals surface area contributed by atoms with Crippen LogP contribution in [-0.2, 0) is 4.79 Å². The predicted octanol–water partition coefficient (Wildman–Crippen LogP) is 1.87. The van der Waals surface area contributed by atoms with E-state index < -0.39 is 12.1 Å². The van der Waals surface area contributed by atoms with Gasteiger partial charge in [0, 0.05) is 12.2 Å². The fourth-order valence-corrected chi connectivity index (χ4v) is 2.10. The predicted molar refractivity (Wildman–Crippen MR) is 73.7 cm³/mol. The molecule has 19 heavy (non-hydrogen) atoms. The van der Waals surface area contributed by atoms with Gasteiger partial charge in [-0.3, -0.25) is 9.69 Å². The summed E-state index contributed by atoms with van der Waals surface area (Å²) in [6.07, 6.45) is 2.33. The average molecular weight is 261 g/mol. The van der Waals surface area contributed by atoms with Crippen molar-refractivity contribution in [3.05, 3.63) is 29.8 Å². The number of rotatable bonds is 1. The van der Waals surface area contributed by atoms with Gasteiger partial charge in [0.15, 0.2) is 0 Å². The molecular weight excluding hydrogens is 242 g/mol. The molecule has 0 spiro atoms. The highest BCUT2D eigenvalue weighted by atomic mass is 16.2. The summed E-state index contributed by atoms with van der Waals surface area (Å²) < 4.78 is 0. The monoisotopic (exact) mass is 261 g/mol. The summed E-state index contributed by atoms with van der Waals surface area (Å²) >= 11 is 0. The van der Waals surface area contributed by atoms with Crippen molar-refractivity contribution in [2.45, 2.75) is 32.2 Å². The number of carbonyl (C=O) groups is 2. The largest absolute Gasteiger partial charge is 0.328 e. The van der Waals surface area contributed by atoms with E-state index in [2.05, 4.69) is 5.32 Å². The highest BCUT2D eigenvalue weighted by Crippen LogP contribution is 2.14. The molecule has 0 aliphatic carbocycles. The van der Waals surface area contributed by atoms with E-state index in [9.17, 15) is 9.59 Å². The molecule has 3 amide bonds. The number of amides is 3. The van der Waals surface area contributed by atoms with Crippen LogP contribution in [0.25, 0.3) is 0 Å². The molecule has 0 bridgehead atoms. The van der Waals surface area contributed by atoms with Gasteiger partial charge < -0.3 is 11.1 Å². The van der Waals surface area contributed by atoms with Crippen LogP contribution in [0.15, 0.2) is 24.3 Å². The maximum absolute atomic E-state index is 12.1. The molecule has 0 saturated carbocycles. The van der Waals surface area contributed by atoms with Gasteiger partial charge in [0.2, 0.25) is 5.91 Å². The Bertz CT molecular complexity index is 470. The van der Waals surface area contributed by atoms with Gasteiger partial charge in [0.25, 0.3) is 0 Å². The number of carbonyl (C=O) groups excluding carboxylic acids is 2. The zero-order valence-corrected chi connectivity index (χ0v) is 11.1. The number of anilines is 1. The van der Waals surface area contributed by atoms with Crippen LogP contribution in [0, 0.1) is 6.92 Å². The molecule has 1 saturated heterocycles. The minimum atomic E-state index is -0.564. The van der Waals surface area contributed by atoms with Gasteiger partial charge in [0.1, 0.15) is 0 Å². The summed E-state index contributed by atoms with van der Waals surface area (Å²) in [6.45, 7) is 2.41. The number of nitrogens with zero attached hydrogens (tertiary/aromatic N) is 1. The lowest BCUT2D eigenvalue weighted by Crippen LogP contribution is -2.47. The number of aryl methyl sites for hydroxylation is 1. The highest BCUT2D eigenvalue weighted by Gasteiger charge is 2.28. The van der Waals surface area contributed by atoms with Crippen molar-refractivity contribution in [2.75, 3.05) is 11.9 Å². The molecule has 102 valence electrons. The Balaban J connectivity index is 2.05. The molecule has 0 radical (unpaired) electrons. The lowest BCUT2D eigenvalue weighted by Gasteiger charge is -2.21. The zero-order chi connectivity index (χ0) is 13.8. The summed E-state index contributed by atoms with van der Waals surface area (Å²) in [7, 11) is 0. The van der Waals surface area contributed by atoms with Crippen molar-refractivity contribution in [1.82, 2.24) is 4.90 Å². The van der Waals surface area contributed by atoms with Crippen LogP contribution < -0.4 is 11.1 Å². The highest BCUT2D eigenvalue weighted by molar-refractivity contribution is 6.02. The number of nitrogens with two attached hydrogens (primary N) is 1. The van der Waals surface area contributed by atoms with Crippen LogP contribution in [0.1, 0.15) is 24.8 Å². The van der Waals surface area contributed by atoms with Crippen molar-refractivity contribution in [1.29, 1.82) is 0 Å². The smallest absolute Gasteiger partial charge is 0.320 e. The normalized spacial score (nSPS) is 20.0. The molecule has 3 N–H and O–H groups in total. The fraction of sp³-hybridized carbons (Fsp3) is 0.429. The maximum Gasteiger partial charge on any atom is 0.328 e. The van der Waals surface area contributed by atoms with Gasteiger partial charge in [-0.1, -0.05) is 17.7 Å². The SMILES string of the molecule is Cc1ccc(NC(=O)N2CCCC[C@@H](N)C2=O)cc1. The van der Waals surface area contributed by atoms with Crippen LogP contribution in [0.5, 0.6) is 0 Å². The second kappa shape index (κ2) is 5.84. The van der Waals surface area contributed by atoms with E-state index in [1.54, 1.807) is 0 Å². The van der Waals surface area contributed by atoms with E-state index >= 15 is 0 Å². The van der Waals surface area contributed by atoms with Crippen molar-refractivity contribution >= 4 is 17.6 Å². The molecule has 1 atom stereocenters. The number of hydrogen-bond donors (Lipinski definition) is 2. The Morgan fingerprint density at radius 3 is 2.68 bits per heavy atom. The van der Waals surface area contributed by atoms with E-state index in [1.165, 1.54) is 4.90 Å². The summed E-state index contributed by atoms with van der Waals surface area (Å²) in [5.74, 6) is -0.290. The number of benzene rings is 1.